The molecule has 2 aliphatic heterocycles. The molecule has 0 amide bonds. The Hall–Kier alpha value is -1.44. The molecule has 1 atom stereocenters. The number of piperidine rings is 1. The lowest BCUT2D eigenvalue weighted by Crippen LogP contribution is -2.41. The Balaban J connectivity index is 1.66. The Kier molecular flexibility index (Phi) is 3.97. The first-order chi connectivity index (χ1) is 10.1. The summed E-state index contributed by atoms with van der Waals surface area (Å²) >= 11 is 5.99. The van der Waals surface area contributed by atoms with Crippen LogP contribution in [0.3, 0.4) is 0 Å². The molecule has 0 bridgehead atoms. The van der Waals surface area contributed by atoms with Crippen LogP contribution in [-0.4, -0.2) is 41.3 Å². The van der Waals surface area contributed by atoms with Crippen molar-refractivity contribution in [3.63, 3.8) is 0 Å². The lowest BCUT2D eigenvalue weighted by atomic mass is 9.89. The minimum atomic E-state index is -0.536. The first-order valence-corrected chi connectivity index (χ1v) is 7.27. The van der Waals surface area contributed by atoms with Gasteiger partial charge in [-0.1, -0.05) is 11.6 Å². The molecule has 1 unspecified atom stereocenters. The maximum atomic E-state index is 10.7. The van der Waals surface area contributed by atoms with Crippen LogP contribution in [0, 0.1) is 10.1 Å². The average Bonchev–Trinajstić information content (AvgIpc) is 2.84. The summed E-state index contributed by atoms with van der Waals surface area (Å²) in [6.45, 7) is 2.39. The zero-order valence-corrected chi connectivity index (χ0v) is 12.1. The van der Waals surface area contributed by atoms with Crippen LogP contribution in [0.2, 0.25) is 5.02 Å². The van der Waals surface area contributed by atoms with Crippen LogP contribution in [0.15, 0.2) is 12.3 Å². The second-order valence-electron chi connectivity index (χ2n) is 5.43. The fraction of sp³-hybridized carbons (Fsp3) is 0.615. The molecule has 21 heavy (non-hydrogen) atoms. The normalized spacial score (nSPS) is 24.1. The zero-order chi connectivity index (χ0) is 14.9. The summed E-state index contributed by atoms with van der Waals surface area (Å²) in [7, 11) is 0. The predicted molar refractivity (Wildman–Crippen MR) is 75.7 cm³/mol. The molecule has 1 N–H and O–H groups in total. The number of nitrogens with zero attached hydrogens (tertiary/aromatic N) is 2. The number of nitro groups is 1. The number of aromatic nitrogens is 1. The van der Waals surface area contributed by atoms with Crippen molar-refractivity contribution in [2.45, 2.75) is 31.0 Å². The lowest BCUT2D eigenvalue weighted by Gasteiger charge is -2.32. The lowest BCUT2D eigenvalue weighted by molar-refractivity contribution is -0.385. The van der Waals surface area contributed by atoms with Crippen molar-refractivity contribution < 1.29 is 14.4 Å². The highest BCUT2D eigenvalue weighted by atomic mass is 35.5. The third kappa shape index (κ3) is 3.09. The summed E-state index contributed by atoms with van der Waals surface area (Å²) < 4.78 is 11.7. The van der Waals surface area contributed by atoms with Crippen LogP contribution < -0.4 is 10.1 Å². The molecule has 0 radical (unpaired) electrons. The van der Waals surface area contributed by atoms with E-state index in [0.29, 0.717) is 6.61 Å². The summed E-state index contributed by atoms with van der Waals surface area (Å²) in [5.74, 6) is 0.224. The SMILES string of the molecule is O=[N+]([O-])c1cnc(OC2COC3(CCNCC3)C2)c(Cl)c1. The molecule has 2 saturated heterocycles. The molecule has 0 aromatic carbocycles. The van der Waals surface area contributed by atoms with E-state index in [4.69, 9.17) is 21.1 Å². The van der Waals surface area contributed by atoms with Gasteiger partial charge in [0.05, 0.1) is 17.1 Å². The van der Waals surface area contributed by atoms with Crippen molar-refractivity contribution in [1.82, 2.24) is 10.3 Å². The molecule has 8 heteroatoms. The maximum absolute atomic E-state index is 10.7. The molecular weight excluding hydrogens is 298 g/mol. The molecule has 7 nitrogen and oxygen atoms in total. The molecule has 2 fully saturated rings. The van der Waals surface area contributed by atoms with Crippen molar-refractivity contribution in [3.05, 3.63) is 27.4 Å². The van der Waals surface area contributed by atoms with E-state index in [0.717, 1.165) is 38.5 Å². The average molecular weight is 314 g/mol. The monoisotopic (exact) mass is 313 g/mol. The highest BCUT2D eigenvalue weighted by Crippen LogP contribution is 2.36. The standard InChI is InChI=1S/C13H16ClN3O4/c14-11-5-9(17(18)19)7-16-12(11)21-10-6-13(20-8-10)1-3-15-4-2-13/h5,7,10,15H,1-4,6,8H2. The van der Waals surface area contributed by atoms with Crippen molar-refractivity contribution in [2.24, 2.45) is 0 Å². The minimum absolute atomic E-state index is 0.108. The fourth-order valence-electron chi connectivity index (χ4n) is 2.87. The largest absolute Gasteiger partial charge is 0.471 e. The second-order valence-corrected chi connectivity index (χ2v) is 5.83. The van der Waals surface area contributed by atoms with E-state index in [9.17, 15) is 10.1 Å². The molecule has 2 aliphatic rings. The molecule has 1 aromatic heterocycles. The van der Waals surface area contributed by atoms with E-state index in [1.54, 1.807) is 0 Å². The minimum Gasteiger partial charge on any atom is -0.471 e. The van der Waals surface area contributed by atoms with Gasteiger partial charge in [0.15, 0.2) is 0 Å². The fourth-order valence-corrected chi connectivity index (χ4v) is 3.07. The van der Waals surface area contributed by atoms with Gasteiger partial charge in [-0.3, -0.25) is 10.1 Å². The smallest absolute Gasteiger partial charge is 0.289 e. The zero-order valence-electron chi connectivity index (χ0n) is 11.4. The van der Waals surface area contributed by atoms with Crippen LogP contribution in [0.4, 0.5) is 5.69 Å². The van der Waals surface area contributed by atoms with Crippen molar-refractivity contribution in [2.75, 3.05) is 19.7 Å². The van der Waals surface area contributed by atoms with Crippen LogP contribution in [0.1, 0.15) is 19.3 Å². The van der Waals surface area contributed by atoms with E-state index < -0.39 is 4.92 Å². The third-order valence-corrected chi connectivity index (χ3v) is 4.24. The Bertz CT molecular complexity index is 548. The van der Waals surface area contributed by atoms with Crippen LogP contribution in [0.25, 0.3) is 0 Å². The molecule has 1 aromatic rings. The molecular formula is C13H16ClN3O4. The van der Waals surface area contributed by atoms with E-state index in [-0.39, 0.29) is 28.3 Å². The summed E-state index contributed by atoms with van der Waals surface area (Å²) in [5.41, 5.74) is -0.256. The van der Waals surface area contributed by atoms with E-state index in [1.807, 2.05) is 0 Å². The van der Waals surface area contributed by atoms with Gasteiger partial charge in [0.1, 0.15) is 17.3 Å². The highest BCUT2D eigenvalue weighted by Gasteiger charge is 2.42. The second kappa shape index (κ2) is 5.75. The number of rotatable bonds is 3. The third-order valence-electron chi connectivity index (χ3n) is 3.97. The predicted octanol–water partition coefficient (Wildman–Crippen LogP) is 1.93. The summed E-state index contributed by atoms with van der Waals surface area (Å²) in [6, 6.07) is 1.25. The van der Waals surface area contributed by atoms with Crippen LogP contribution in [0.5, 0.6) is 5.88 Å². The quantitative estimate of drug-likeness (QED) is 0.678. The van der Waals surface area contributed by atoms with Crippen molar-refractivity contribution in [1.29, 1.82) is 0 Å². The number of halogens is 1. The van der Waals surface area contributed by atoms with E-state index >= 15 is 0 Å². The van der Waals surface area contributed by atoms with Gasteiger partial charge in [0, 0.05) is 12.5 Å². The van der Waals surface area contributed by atoms with Gasteiger partial charge < -0.3 is 14.8 Å². The topological polar surface area (TPSA) is 86.5 Å². The molecule has 3 heterocycles. The Labute approximate surface area is 126 Å². The Morgan fingerprint density at radius 3 is 2.95 bits per heavy atom. The molecule has 0 saturated carbocycles. The first kappa shape index (κ1) is 14.5. The summed E-state index contributed by atoms with van der Waals surface area (Å²) in [5, 5.41) is 14.1. The number of hydrogen-bond acceptors (Lipinski definition) is 6. The van der Waals surface area contributed by atoms with Gasteiger partial charge in [-0.25, -0.2) is 4.98 Å². The maximum Gasteiger partial charge on any atom is 0.289 e. The van der Waals surface area contributed by atoms with E-state index in [2.05, 4.69) is 10.3 Å². The molecule has 0 aliphatic carbocycles. The van der Waals surface area contributed by atoms with Gasteiger partial charge in [0.25, 0.3) is 5.69 Å². The van der Waals surface area contributed by atoms with Crippen molar-refractivity contribution in [3.8, 4) is 5.88 Å². The molecule has 1 spiro atoms. The number of pyridine rings is 1. The first-order valence-electron chi connectivity index (χ1n) is 6.89. The Morgan fingerprint density at radius 1 is 1.52 bits per heavy atom. The van der Waals surface area contributed by atoms with Gasteiger partial charge >= 0.3 is 0 Å². The van der Waals surface area contributed by atoms with E-state index in [1.165, 1.54) is 6.07 Å². The van der Waals surface area contributed by atoms with Crippen LogP contribution >= 0.6 is 11.6 Å². The van der Waals surface area contributed by atoms with Crippen LogP contribution in [-0.2, 0) is 4.74 Å². The number of ether oxygens (including phenoxy) is 2. The number of nitrogens with one attached hydrogen (secondary N) is 1. The Morgan fingerprint density at radius 2 is 2.29 bits per heavy atom. The van der Waals surface area contributed by atoms with Gasteiger partial charge in [-0.2, -0.15) is 0 Å². The number of hydrogen-bond donors (Lipinski definition) is 1. The van der Waals surface area contributed by atoms with Gasteiger partial charge in [-0.15, -0.1) is 0 Å². The highest BCUT2D eigenvalue weighted by molar-refractivity contribution is 6.32. The molecule has 114 valence electrons. The summed E-state index contributed by atoms with van der Waals surface area (Å²) in [4.78, 5) is 14.0. The van der Waals surface area contributed by atoms with Gasteiger partial charge in [0.2, 0.25) is 5.88 Å². The van der Waals surface area contributed by atoms with Gasteiger partial charge in [-0.05, 0) is 25.9 Å². The van der Waals surface area contributed by atoms with Crippen molar-refractivity contribution >= 4 is 17.3 Å². The molecule has 3 rings (SSSR count). The summed E-state index contributed by atoms with van der Waals surface area (Å²) in [6.07, 6.45) is 3.76.